The summed E-state index contributed by atoms with van der Waals surface area (Å²) in [6.45, 7) is 11.5. The van der Waals surface area contributed by atoms with Gasteiger partial charge < -0.3 is 19.6 Å². The number of carboxylic acid groups (broad SMARTS) is 1. The second-order valence-corrected chi connectivity index (χ2v) is 14.9. The van der Waals surface area contributed by atoms with Crippen LogP contribution in [0.1, 0.15) is 50.7 Å². The van der Waals surface area contributed by atoms with Crippen molar-refractivity contribution in [1.29, 1.82) is 0 Å². The summed E-state index contributed by atoms with van der Waals surface area (Å²) >= 11 is 0. The molecule has 0 fully saturated rings. The molecule has 0 heterocycles. The first kappa shape index (κ1) is 25.0. The highest BCUT2D eigenvalue weighted by Crippen LogP contribution is 2.44. The highest BCUT2D eigenvalue weighted by Gasteiger charge is 2.37. The number of hydrogen-bond acceptors (Lipinski definition) is 4. The molecule has 6 nitrogen and oxygen atoms in total. The summed E-state index contributed by atoms with van der Waals surface area (Å²) in [5.41, 5.74) is 4.52. The SMILES string of the molecule is CC(C)(C)[Si](C)(C)OCCC[C@H](NC(=O)OCC1c2ccccc2-c2ccccc21)C(=O)O. The van der Waals surface area contributed by atoms with Gasteiger partial charge in [-0.2, -0.15) is 0 Å². The van der Waals surface area contributed by atoms with E-state index < -0.39 is 26.4 Å². The number of fused-ring (bicyclic) bond motifs is 3. The van der Waals surface area contributed by atoms with Gasteiger partial charge in [-0.3, -0.25) is 0 Å². The number of carbonyl (C=O) groups excluding carboxylic acids is 1. The first-order valence-electron chi connectivity index (χ1n) is 11.5. The Kier molecular flexibility index (Phi) is 7.64. The molecule has 7 heteroatoms. The van der Waals surface area contributed by atoms with Gasteiger partial charge in [0, 0.05) is 12.5 Å². The minimum Gasteiger partial charge on any atom is -0.480 e. The molecule has 2 N–H and O–H groups in total. The maximum atomic E-state index is 12.4. The normalized spacial score (nSPS) is 14.3. The third-order valence-corrected chi connectivity index (χ3v) is 11.4. The van der Waals surface area contributed by atoms with Gasteiger partial charge in [-0.1, -0.05) is 69.3 Å². The third kappa shape index (κ3) is 5.84. The van der Waals surface area contributed by atoms with Gasteiger partial charge in [0.1, 0.15) is 12.6 Å². The van der Waals surface area contributed by atoms with E-state index in [1.807, 2.05) is 36.4 Å². The van der Waals surface area contributed by atoms with Crippen molar-refractivity contribution in [2.24, 2.45) is 0 Å². The summed E-state index contributed by atoms with van der Waals surface area (Å²) in [6, 6.07) is 15.2. The number of benzene rings is 2. The topological polar surface area (TPSA) is 84.9 Å². The lowest BCUT2D eigenvalue weighted by Crippen LogP contribution is -2.43. The highest BCUT2D eigenvalue weighted by atomic mass is 28.4. The molecule has 1 atom stereocenters. The molecule has 0 spiro atoms. The monoisotopic (exact) mass is 469 g/mol. The molecule has 0 aromatic heterocycles. The van der Waals surface area contributed by atoms with Crippen molar-refractivity contribution in [3.63, 3.8) is 0 Å². The van der Waals surface area contributed by atoms with E-state index in [4.69, 9.17) is 9.16 Å². The average Bonchev–Trinajstić information content (AvgIpc) is 3.07. The van der Waals surface area contributed by atoms with E-state index in [-0.39, 0.29) is 24.0 Å². The predicted molar refractivity (Wildman–Crippen MR) is 132 cm³/mol. The molecular weight excluding hydrogens is 434 g/mol. The number of amides is 1. The van der Waals surface area contributed by atoms with Crippen LogP contribution in [-0.4, -0.2) is 44.7 Å². The van der Waals surface area contributed by atoms with E-state index in [0.29, 0.717) is 13.0 Å². The maximum absolute atomic E-state index is 12.4. The smallest absolute Gasteiger partial charge is 0.407 e. The molecule has 0 saturated heterocycles. The Morgan fingerprint density at radius 1 is 1.03 bits per heavy atom. The maximum Gasteiger partial charge on any atom is 0.407 e. The molecular formula is C26H35NO5Si. The van der Waals surface area contributed by atoms with Crippen LogP contribution in [-0.2, 0) is 14.0 Å². The lowest BCUT2D eigenvalue weighted by Gasteiger charge is -2.36. The summed E-state index contributed by atoms with van der Waals surface area (Å²) in [6.07, 6.45) is 0.121. The molecule has 1 aliphatic carbocycles. The van der Waals surface area contributed by atoms with Crippen molar-refractivity contribution in [3.8, 4) is 11.1 Å². The van der Waals surface area contributed by atoms with Crippen LogP contribution in [0.4, 0.5) is 4.79 Å². The molecule has 2 aromatic carbocycles. The Balaban J connectivity index is 1.53. The highest BCUT2D eigenvalue weighted by molar-refractivity contribution is 6.74. The number of alkyl carbamates (subject to hydrolysis) is 1. The Morgan fingerprint density at radius 2 is 1.58 bits per heavy atom. The molecule has 33 heavy (non-hydrogen) atoms. The van der Waals surface area contributed by atoms with Crippen LogP contribution in [0.25, 0.3) is 11.1 Å². The van der Waals surface area contributed by atoms with E-state index in [9.17, 15) is 14.7 Å². The second-order valence-electron chi connectivity index (χ2n) is 10.1. The number of hydrogen-bond donors (Lipinski definition) is 2. The minimum atomic E-state index is -1.88. The van der Waals surface area contributed by atoms with E-state index in [1.54, 1.807) is 0 Å². The number of aliphatic carboxylic acids is 1. The quantitative estimate of drug-likeness (QED) is 0.359. The summed E-state index contributed by atoms with van der Waals surface area (Å²) in [5, 5.41) is 12.2. The van der Waals surface area contributed by atoms with E-state index in [1.165, 1.54) is 0 Å². The van der Waals surface area contributed by atoms with Crippen LogP contribution in [0, 0.1) is 0 Å². The van der Waals surface area contributed by atoms with E-state index in [0.717, 1.165) is 22.3 Å². The summed E-state index contributed by atoms with van der Waals surface area (Å²) in [7, 11) is -1.88. The first-order valence-corrected chi connectivity index (χ1v) is 14.4. The Labute approximate surface area is 197 Å². The largest absolute Gasteiger partial charge is 0.480 e. The lowest BCUT2D eigenvalue weighted by atomic mass is 9.98. The second kappa shape index (κ2) is 10.1. The summed E-state index contributed by atoms with van der Waals surface area (Å²) < 4.78 is 11.6. The number of carbonyl (C=O) groups is 2. The molecule has 178 valence electrons. The number of rotatable bonds is 9. The van der Waals surface area contributed by atoms with Crippen LogP contribution in [0.2, 0.25) is 18.1 Å². The van der Waals surface area contributed by atoms with Gasteiger partial charge in [-0.05, 0) is 53.2 Å². The van der Waals surface area contributed by atoms with Crippen LogP contribution in [0.5, 0.6) is 0 Å². The fourth-order valence-corrected chi connectivity index (χ4v) is 4.96. The molecule has 0 radical (unpaired) electrons. The zero-order valence-electron chi connectivity index (χ0n) is 20.2. The van der Waals surface area contributed by atoms with Gasteiger partial charge in [-0.25, -0.2) is 9.59 Å². The van der Waals surface area contributed by atoms with Crippen LogP contribution in [0.3, 0.4) is 0 Å². The zero-order chi connectivity index (χ0) is 24.2. The number of ether oxygens (including phenoxy) is 1. The van der Waals surface area contributed by atoms with Crippen molar-refractivity contribution >= 4 is 20.4 Å². The predicted octanol–water partition coefficient (Wildman–Crippen LogP) is 5.78. The Morgan fingerprint density at radius 3 is 2.09 bits per heavy atom. The first-order chi connectivity index (χ1) is 15.5. The number of nitrogens with one attached hydrogen (secondary N) is 1. The van der Waals surface area contributed by atoms with E-state index in [2.05, 4.69) is 51.3 Å². The minimum absolute atomic E-state index is 0.0654. The molecule has 2 aromatic rings. The Hall–Kier alpha value is -2.64. The molecule has 0 bridgehead atoms. The molecule has 3 rings (SSSR count). The van der Waals surface area contributed by atoms with Gasteiger partial charge >= 0.3 is 12.1 Å². The van der Waals surface area contributed by atoms with Gasteiger partial charge in [0.2, 0.25) is 0 Å². The fourth-order valence-electron chi connectivity index (χ4n) is 3.87. The van der Waals surface area contributed by atoms with Crippen LogP contribution < -0.4 is 5.32 Å². The molecule has 1 amide bonds. The number of carboxylic acids is 1. The van der Waals surface area contributed by atoms with Gasteiger partial charge in [0.05, 0.1) is 0 Å². The Bertz CT molecular complexity index is 953. The summed E-state index contributed by atoms with van der Waals surface area (Å²) in [4.78, 5) is 24.1. The molecule has 0 saturated carbocycles. The fraction of sp³-hybridized carbons (Fsp3) is 0.462. The molecule has 0 aliphatic heterocycles. The van der Waals surface area contributed by atoms with Gasteiger partial charge in [-0.15, -0.1) is 0 Å². The molecule has 0 unspecified atom stereocenters. The van der Waals surface area contributed by atoms with Crippen LogP contribution in [0.15, 0.2) is 48.5 Å². The average molecular weight is 470 g/mol. The van der Waals surface area contributed by atoms with Gasteiger partial charge in [0.25, 0.3) is 0 Å². The van der Waals surface area contributed by atoms with Crippen molar-refractivity contribution in [3.05, 3.63) is 59.7 Å². The lowest BCUT2D eigenvalue weighted by molar-refractivity contribution is -0.139. The standard InChI is InChI=1S/C26H35NO5Si/c1-26(2,3)33(4,5)32-16-10-15-23(24(28)29)27-25(30)31-17-22-20-13-8-6-11-18(20)19-12-7-9-14-21(19)22/h6-9,11-14,22-23H,10,15-17H2,1-5H3,(H,27,30)(H,28,29)/t23-/m0/s1. The molecule has 1 aliphatic rings. The van der Waals surface area contributed by atoms with E-state index >= 15 is 0 Å². The van der Waals surface area contributed by atoms with Crippen molar-refractivity contribution in [2.75, 3.05) is 13.2 Å². The van der Waals surface area contributed by atoms with Crippen molar-refractivity contribution in [1.82, 2.24) is 5.32 Å². The van der Waals surface area contributed by atoms with Crippen LogP contribution >= 0.6 is 0 Å². The van der Waals surface area contributed by atoms with Crippen molar-refractivity contribution < 1.29 is 23.9 Å². The van der Waals surface area contributed by atoms with Crippen molar-refractivity contribution in [2.45, 2.75) is 63.7 Å². The van der Waals surface area contributed by atoms with Gasteiger partial charge in [0.15, 0.2) is 8.32 Å². The third-order valence-electron chi connectivity index (χ3n) is 6.84. The zero-order valence-corrected chi connectivity index (χ0v) is 21.2. The summed E-state index contributed by atoms with van der Waals surface area (Å²) in [5.74, 6) is -1.14.